The van der Waals surface area contributed by atoms with E-state index in [2.05, 4.69) is 0 Å². The van der Waals surface area contributed by atoms with Gasteiger partial charge in [0.15, 0.2) is 0 Å². The van der Waals surface area contributed by atoms with Crippen LogP contribution < -0.4 is 10.5 Å². The highest BCUT2D eigenvalue weighted by Crippen LogP contribution is 2.15. The first kappa shape index (κ1) is 19.0. The van der Waals surface area contributed by atoms with E-state index >= 15 is 0 Å². The Balaban J connectivity index is 0.00000264. The molecule has 0 heterocycles. The lowest BCUT2D eigenvalue weighted by atomic mass is 10.1. The Hall–Kier alpha value is -2.04. The van der Waals surface area contributed by atoms with Gasteiger partial charge in [-0.1, -0.05) is 30.3 Å². The molecular formula is C18H23ClN2O2. The fourth-order valence-electron chi connectivity index (χ4n) is 2.25. The second kappa shape index (κ2) is 9.87. The third kappa shape index (κ3) is 5.58. The summed E-state index contributed by atoms with van der Waals surface area (Å²) in [5.41, 5.74) is 7.37. The Morgan fingerprint density at radius 1 is 1.09 bits per heavy atom. The van der Waals surface area contributed by atoms with Crippen molar-refractivity contribution in [1.29, 1.82) is 0 Å². The van der Waals surface area contributed by atoms with Crippen molar-refractivity contribution in [1.82, 2.24) is 4.90 Å². The molecule has 5 heteroatoms. The lowest BCUT2D eigenvalue weighted by Gasteiger charge is -2.23. The summed E-state index contributed by atoms with van der Waals surface area (Å²) < 4.78 is 5.13. The van der Waals surface area contributed by atoms with Crippen molar-refractivity contribution in [2.24, 2.45) is 5.73 Å². The molecule has 2 aromatic rings. The van der Waals surface area contributed by atoms with E-state index in [9.17, 15) is 4.79 Å². The van der Waals surface area contributed by atoms with Gasteiger partial charge in [0.05, 0.1) is 7.11 Å². The minimum Gasteiger partial charge on any atom is -0.497 e. The van der Waals surface area contributed by atoms with Crippen LogP contribution in [0.4, 0.5) is 0 Å². The number of ether oxygens (including phenoxy) is 1. The Kier molecular flexibility index (Phi) is 8.16. The molecule has 2 N–H and O–H groups in total. The van der Waals surface area contributed by atoms with Gasteiger partial charge in [0.2, 0.25) is 0 Å². The largest absolute Gasteiger partial charge is 0.497 e. The van der Waals surface area contributed by atoms with E-state index in [4.69, 9.17) is 10.5 Å². The van der Waals surface area contributed by atoms with Crippen LogP contribution in [0.3, 0.4) is 0 Å². The van der Waals surface area contributed by atoms with Gasteiger partial charge in [0, 0.05) is 18.7 Å². The van der Waals surface area contributed by atoms with Crippen LogP contribution in [0, 0.1) is 0 Å². The predicted octanol–water partition coefficient (Wildman–Crippen LogP) is 3.11. The smallest absolute Gasteiger partial charge is 0.254 e. The topological polar surface area (TPSA) is 55.6 Å². The van der Waals surface area contributed by atoms with E-state index in [1.165, 1.54) is 0 Å². The van der Waals surface area contributed by atoms with Crippen molar-refractivity contribution in [2.45, 2.75) is 13.0 Å². The van der Waals surface area contributed by atoms with Crippen LogP contribution in [-0.2, 0) is 6.54 Å². The molecule has 0 aliphatic rings. The maximum atomic E-state index is 12.7. The molecule has 0 spiro atoms. The van der Waals surface area contributed by atoms with Gasteiger partial charge in [-0.15, -0.1) is 12.4 Å². The highest BCUT2D eigenvalue weighted by Gasteiger charge is 2.15. The van der Waals surface area contributed by atoms with E-state index in [1.54, 1.807) is 31.4 Å². The average Bonchev–Trinajstić information content (AvgIpc) is 2.59. The number of amides is 1. The molecule has 0 aliphatic heterocycles. The zero-order valence-corrected chi connectivity index (χ0v) is 14.1. The summed E-state index contributed by atoms with van der Waals surface area (Å²) in [5.74, 6) is 0.757. The molecule has 0 aromatic heterocycles. The van der Waals surface area contributed by atoms with Gasteiger partial charge in [-0.25, -0.2) is 0 Å². The van der Waals surface area contributed by atoms with Gasteiger partial charge in [-0.05, 0) is 42.8 Å². The number of carbonyl (C=O) groups excluding carboxylic acids is 1. The van der Waals surface area contributed by atoms with Gasteiger partial charge in [-0.3, -0.25) is 4.79 Å². The van der Waals surface area contributed by atoms with Crippen molar-refractivity contribution in [3.63, 3.8) is 0 Å². The Bertz CT molecular complexity index is 588. The van der Waals surface area contributed by atoms with Gasteiger partial charge in [0.1, 0.15) is 5.75 Å². The van der Waals surface area contributed by atoms with E-state index in [0.29, 0.717) is 25.2 Å². The van der Waals surface area contributed by atoms with E-state index in [0.717, 1.165) is 17.7 Å². The van der Waals surface area contributed by atoms with E-state index in [-0.39, 0.29) is 18.3 Å². The maximum absolute atomic E-state index is 12.7. The molecule has 124 valence electrons. The number of rotatable bonds is 7. The lowest BCUT2D eigenvalue weighted by Crippen LogP contribution is -2.32. The molecule has 2 aromatic carbocycles. The van der Waals surface area contributed by atoms with Gasteiger partial charge >= 0.3 is 0 Å². The van der Waals surface area contributed by atoms with Crippen LogP contribution in [-0.4, -0.2) is 31.0 Å². The van der Waals surface area contributed by atoms with Crippen molar-refractivity contribution in [2.75, 3.05) is 20.2 Å². The van der Waals surface area contributed by atoms with Crippen LogP contribution >= 0.6 is 12.4 Å². The molecule has 0 atom stereocenters. The summed E-state index contributed by atoms with van der Waals surface area (Å²) in [5, 5.41) is 0. The number of carbonyl (C=O) groups is 1. The minimum absolute atomic E-state index is 0. The summed E-state index contributed by atoms with van der Waals surface area (Å²) in [7, 11) is 1.61. The zero-order chi connectivity index (χ0) is 15.8. The maximum Gasteiger partial charge on any atom is 0.254 e. The molecule has 2 rings (SSSR count). The number of halogens is 1. The highest BCUT2D eigenvalue weighted by molar-refractivity contribution is 5.94. The SMILES string of the molecule is COc1ccc(C(=O)N(CCCN)Cc2ccccc2)cc1.Cl. The second-order valence-corrected chi connectivity index (χ2v) is 5.08. The highest BCUT2D eigenvalue weighted by atomic mass is 35.5. The normalized spacial score (nSPS) is 9.83. The molecule has 0 bridgehead atoms. The second-order valence-electron chi connectivity index (χ2n) is 5.08. The Labute approximate surface area is 143 Å². The monoisotopic (exact) mass is 334 g/mol. The van der Waals surface area contributed by atoms with E-state index < -0.39 is 0 Å². The van der Waals surface area contributed by atoms with Crippen LogP contribution in [0.1, 0.15) is 22.3 Å². The lowest BCUT2D eigenvalue weighted by molar-refractivity contribution is 0.0742. The Morgan fingerprint density at radius 2 is 1.74 bits per heavy atom. The standard InChI is InChI=1S/C18H22N2O2.ClH/c1-22-17-10-8-16(9-11-17)18(21)20(13-5-12-19)14-15-6-3-2-4-7-15;/h2-4,6-11H,5,12-14,19H2,1H3;1H. The van der Waals surface area contributed by atoms with Gasteiger partial charge in [0.25, 0.3) is 5.91 Å². The predicted molar refractivity (Wildman–Crippen MR) is 95.1 cm³/mol. The van der Waals surface area contributed by atoms with Gasteiger partial charge < -0.3 is 15.4 Å². The van der Waals surface area contributed by atoms with Crippen LogP contribution in [0.15, 0.2) is 54.6 Å². The molecule has 0 saturated carbocycles. The third-order valence-electron chi connectivity index (χ3n) is 3.47. The number of methoxy groups -OCH3 is 1. The number of hydrogen-bond acceptors (Lipinski definition) is 3. The minimum atomic E-state index is 0. The molecular weight excluding hydrogens is 312 g/mol. The Morgan fingerprint density at radius 3 is 2.30 bits per heavy atom. The summed E-state index contributed by atoms with van der Waals surface area (Å²) in [4.78, 5) is 14.5. The van der Waals surface area contributed by atoms with Gasteiger partial charge in [-0.2, -0.15) is 0 Å². The third-order valence-corrected chi connectivity index (χ3v) is 3.47. The molecule has 0 unspecified atom stereocenters. The van der Waals surface area contributed by atoms with Crippen molar-refractivity contribution >= 4 is 18.3 Å². The van der Waals surface area contributed by atoms with Crippen molar-refractivity contribution in [3.05, 3.63) is 65.7 Å². The fourth-order valence-corrected chi connectivity index (χ4v) is 2.25. The summed E-state index contributed by atoms with van der Waals surface area (Å²) in [6, 6.07) is 17.2. The molecule has 0 aliphatic carbocycles. The zero-order valence-electron chi connectivity index (χ0n) is 13.3. The molecule has 0 radical (unpaired) electrons. The molecule has 1 amide bonds. The number of nitrogens with two attached hydrogens (primary N) is 1. The van der Waals surface area contributed by atoms with Crippen LogP contribution in [0.5, 0.6) is 5.75 Å². The summed E-state index contributed by atoms with van der Waals surface area (Å²) in [6.07, 6.45) is 0.786. The number of hydrogen-bond donors (Lipinski definition) is 1. The first-order chi connectivity index (χ1) is 10.7. The van der Waals surface area contributed by atoms with Crippen LogP contribution in [0.25, 0.3) is 0 Å². The molecule has 4 nitrogen and oxygen atoms in total. The molecule has 0 fully saturated rings. The van der Waals surface area contributed by atoms with Crippen molar-refractivity contribution in [3.8, 4) is 5.75 Å². The van der Waals surface area contributed by atoms with E-state index in [1.807, 2.05) is 35.2 Å². The van der Waals surface area contributed by atoms with Crippen molar-refractivity contribution < 1.29 is 9.53 Å². The van der Waals surface area contributed by atoms with Crippen LogP contribution in [0.2, 0.25) is 0 Å². The first-order valence-electron chi connectivity index (χ1n) is 7.42. The first-order valence-corrected chi connectivity index (χ1v) is 7.42. The average molecular weight is 335 g/mol. The molecule has 23 heavy (non-hydrogen) atoms. The number of benzene rings is 2. The quantitative estimate of drug-likeness (QED) is 0.846. The number of nitrogens with zero attached hydrogens (tertiary/aromatic N) is 1. The summed E-state index contributed by atoms with van der Waals surface area (Å²) >= 11 is 0. The summed E-state index contributed by atoms with van der Waals surface area (Å²) in [6.45, 7) is 1.81. The molecule has 0 saturated heterocycles. The fraction of sp³-hybridized carbons (Fsp3) is 0.278.